The van der Waals surface area contributed by atoms with Gasteiger partial charge in [-0.3, -0.25) is 19.8 Å². The second-order valence-electron chi connectivity index (χ2n) is 7.89. The first-order valence-corrected chi connectivity index (χ1v) is 8.83. The Labute approximate surface area is 163 Å². The van der Waals surface area contributed by atoms with Gasteiger partial charge < -0.3 is 15.4 Å². The average molecular weight is 390 g/mol. The van der Waals surface area contributed by atoms with E-state index in [1.54, 1.807) is 45.9 Å². The van der Waals surface area contributed by atoms with E-state index in [2.05, 4.69) is 16.0 Å². The summed E-state index contributed by atoms with van der Waals surface area (Å²) in [6.45, 7) is 6.32. The molecular weight excluding hydrogens is 364 g/mol. The number of rotatable bonds is 5. The molecular formula is C19H26N4O5. The Bertz CT molecular complexity index is 802. The van der Waals surface area contributed by atoms with Crippen molar-refractivity contribution in [3.05, 3.63) is 29.8 Å². The molecule has 0 bridgehead atoms. The van der Waals surface area contributed by atoms with Crippen LogP contribution in [0, 0.1) is 0 Å². The molecule has 0 aromatic heterocycles. The summed E-state index contributed by atoms with van der Waals surface area (Å²) in [7, 11) is 1.52. The van der Waals surface area contributed by atoms with Gasteiger partial charge in [0.15, 0.2) is 0 Å². The Morgan fingerprint density at radius 2 is 1.86 bits per heavy atom. The largest absolute Gasteiger partial charge is 0.496 e. The summed E-state index contributed by atoms with van der Waals surface area (Å²) in [5.74, 6) is -0.706. The summed E-state index contributed by atoms with van der Waals surface area (Å²) in [4.78, 5) is 49.8. The number of carbonyl (C=O) groups is 4. The highest BCUT2D eigenvalue weighted by Gasteiger charge is 2.48. The number of amides is 6. The number of benzene rings is 1. The number of hydrogen-bond acceptors (Lipinski definition) is 5. The van der Waals surface area contributed by atoms with Gasteiger partial charge >= 0.3 is 12.1 Å². The van der Waals surface area contributed by atoms with Gasteiger partial charge in [0.05, 0.1) is 7.11 Å². The molecule has 0 spiro atoms. The minimum absolute atomic E-state index is 0.199. The molecule has 0 radical (unpaired) electrons. The van der Waals surface area contributed by atoms with Crippen LogP contribution in [0.5, 0.6) is 5.75 Å². The van der Waals surface area contributed by atoms with Crippen LogP contribution < -0.4 is 20.7 Å². The Morgan fingerprint density at radius 1 is 1.21 bits per heavy atom. The summed E-state index contributed by atoms with van der Waals surface area (Å²) in [5, 5.41) is 7.32. The van der Waals surface area contributed by atoms with E-state index in [0.717, 1.165) is 10.5 Å². The van der Waals surface area contributed by atoms with Gasteiger partial charge in [-0.25, -0.2) is 9.59 Å². The molecule has 2 rings (SSSR count). The van der Waals surface area contributed by atoms with Gasteiger partial charge in [0.1, 0.15) is 17.8 Å². The molecule has 6 amide bonds. The first-order chi connectivity index (χ1) is 12.9. The Kier molecular flexibility index (Phi) is 5.96. The molecule has 1 heterocycles. The first kappa shape index (κ1) is 21.2. The first-order valence-electron chi connectivity index (χ1n) is 8.83. The smallest absolute Gasteiger partial charge is 0.325 e. The van der Waals surface area contributed by atoms with Crippen LogP contribution >= 0.6 is 0 Å². The van der Waals surface area contributed by atoms with Gasteiger partial charge in [0.25, 0.3) is 5.91 Å². The number of nitrogens with one attached hydrogen (secondary N) is 3. The molecule has 1 aliphatic heterocycles. The van der Waals surface area contributed by atoms with Gasteiger partial charge in [-0.1, -0.05) is 18.2 Å². The van der Waals surface area contributed by atoms with Crippen LogP contribution in [0.15, 0.2) is 24.3 Å². The SMILES string of the molecule is COc1ccccc1C[C@]1(C)NC(=O)N(CC(=O)NC(=O)NC(C)(C)C)C1=O. The summed E-state index contributed by atoms with van der Waals surface area (Å²) >= 11 is 0. The van der Waals surface area contributed by atoms with Gasteiger partial charge in [0.2, 0.25) is 5.91 Å². The van der Waals surface area contributed by atoms with Crippen molar-refractivity contribution in [1.29, 1.82) is 0 Å². The van der Waals surface area contributed by atoms with Gasteiger partial charge in [-0.2, -0.15) is 0 Å². The number of urea groups is 2. The number of para-hydroxylation sites is 1. The monoisotopic (exact) mass is 390 g/mol. The second-order valence-corrected chi connectivity index (χ2v) is 7.89. The van der Waals surface area contributed by atoms with Crippen molar-refractivity contribution >= 4 is 23.9 Å². The fourth-order valence-electron chi connectivity index (χ4n) is 2.92. The quantitative estimate of drug-likeness (QED) is 0.653. The third kappa shape index (κ3) is 4.99. The number of methoxy groups -OCH3 is 1. The molecule has 1 aromatic carbocycles. The van der Waals surface area contributed by atoms with Crippen molar-refractivity contribution in [3.8, 4) is 5.75 Å². The van der Waals surface area contributed by atoms with Gasteiger partial charge in [-0.05, 0) is 39.3 Å². The summed E-state index contributed by atoms with van der Waals surface area (Å²) in [5.41, 5.74) is -1.00. The van der Waals surface area contributed by atoms with Crippen LogP contribution in [0.25, 0.3) is 0 Å². The zero-order valence-electron chi connectivity index (χ0n) is 16.7. The lowest BCUT2D eigenvalue weighted by molar-refractivity contribution is -0.134. The van der Waals surface area contributed by atoms with Gasteiger partial charge in [-0.15, -0.1) is 0 Å². The molecule has 0 saturated carbocycles. The Morgan fingerprint density at radius 3 is 2.46 bits per heavy atom. The maximum Gasteiger partial charge on any atom is 0.325 e. The number of carbonyl (C=O) groups excluding carboxylic acids is 4. The van der Waals surface area contributed by atoms with Gasteiger partial charge in [0, 0.05) is 12.0 Å². The lowest BCUT2D eigenvalue weighted by Gasteiger charge is -2.23. The minimum Gasteiger partial charge on any atom is -0.496 e. The van der Waals surface area contributed by atoms with Crippen molar-refractivity contribution in [2.24, 2.45) is 0 Å². The number of nitrogens with zero attached hydrogens (tertiary/aromatic N) is 1. The van der Waals surface area contributed by atoms with Crippen molar-refractivity contribution < 1.29 is 23.9 Å². The van der Waals surface area contributed by atoms with Crippen LogP contribution in [0.4, 0.5) is 9.59 Å². The molecule has 3 N–H and O–H groups in total. The zero-order valence-corrected chi connectivity index (χ0v) is 16.7. The predicted molar refractivity (Wildman–Crippen MR) is 102 cm³/mol. The third-order valence-corrected chi connectivity index (χ3v) is 4.12. The molecule has 9 heteroatoms. The lowest BCUT2D eigenvalue weighted by atomic mass is 9.92. The Balaban J connectivity index is 2.06. The standard InChI is InChI=1S/C19H26N4O5/c1-18(2,3)21-16(26)20-14(24)11-23-15(25)19(4,22-17(23)27)10-12-8-6-7-9-13(12)28-5/h6-9H,10-11H2,1-5H3,(H,22,27)(H2,20,21,24,26)/t19-/m0/s1. The fraction of sp³-hybridized carbons (Fsp3) is 0.474. The van der Waals surface area contributed by atoms with E-state index < -0.39 is 41.5 Å². The summed E-state index contributed by atoms with van der Waals surface area (Å²) < 4.78 is 5.29. The number of ether oxygens (including phenoxy) is 1. The molecule has 28 heavy (non-hydrogen) atoms. The number of hydrogen-bond donors (Lipinski definition) is 3. The maximum absolute atomic E-state index is 12.8. The lowest BCUT2D eigenvalue weighted by Crippen LogP contribution is -2.51. The molecule has 0 aliphatic carbocycles. The highest BCUT2D eigenvalue weighted by molar-refractivity contribution is 6.10. The zero-order chi connectivity index (χ0) is 21.1. The van der Waals surface area contributed by atoms with E-state index in [1.165, 1.54) is 7.11 Å². The molecule has 1 saturated heterocycles. The average Bonchev–Trinajstić information content (AvgIpc) is 2.76. The normalized spacial score (nSPS) is 19.2. The topological polar surface area (TPSA) is 117 Å². The van der Waals surface area contributed by atoms with E-state index in [4.69, 9.17) is 4.74 Å². The summed E-state index contributed by atoms with van der Waals surface area (Å²) in [6.07, 6.45) is 0.199. The fourth-order valence-corrected chi connectivity index (χ4v) is 2.92. The third-order valence-electron chi connectivity index (χ3n) is 4.12. The van der Waals surface area contributed by atoms with Crippen molar-refractivity contribution in [1.82, 2.24) is 20.9 Å². The molecule has 1 fully saturated rings. The summed E-state index contributed by atoms with van der Waals surface area (Å²) in [6, 6.07) is 5.80. The van der Waals surface area contributed by atoms with Crippen LogP contribution in [0.2, 0.25) is 0 Å². The van der Waals surface area contributed by atoms with Crippen molar-refractivity contribution in [2.75, 3.05) is 13.7 Å². The molecule has 0 unspecified atom stereocenters. The predicted octanol–water partition coefficient (Wildman–Crippen LogP) is 1.17. The van der Waals surface area contributed by atoms with Crippen molar-refractivity contribution in [2.45, 2.75) is 45.2 Å². The molecule has 9 nitrogen and oxygen atoms in total. The van der Waals surface area contributed by atoms with E-state index in [-0.39, 0.29) is 6.42 Å². The molecule has 152 valence electrons. The van der Waals surface area contributed by atoms with E-state index in [9.17, 15) is 19.2 Å². The molecule has 1 aliphatic rings. The second kappa shape index (κ2) is 7.87. The van der Waals surface area contributed by atoms with Crippen LogP contribution in [-0.2, 0) is 16.0 Å². The highest BCUT2D eigenvalue weighted by atomic mass is 16.5. The molecule has 1 aromatic rings. The minimum atomic E-state index is -1.22. The van der Waals surface area contributed by atoms with E-state index >= 15 is 0 Å². The number of imide groups is 2. The van der Waals surface area contributed by atoms with Crippen molar-refractivity contribution in [3.63, 3.8) is 0 Å². The van der Waals surface area contributed by atoms with Crippen LogP contribution in [0.3, 0.4) is 0 Å². The maximum atomic E-state index is 12.8. The van der Waals surface area contributed by atoms with E-state index in [0.29, 0.717) is 5.75 Å². The van der Waals surface area contributed by atoms with Crippen LogP contribution in [-0.4, -0.2) is 53.5 Å². The van der Waals surface area contributed by atoms with E-state index in [1.807, 2.05) is 6.07 Å². The highest BCUT2D eigenvalue weighted by Crippen LogP contribution is 2.27. The Hall–Kier alpha value is -3.10. The molecule has 1 atom stereocenters. The van der Waals surface area contributed by atoms with Crippen LogP contribution in [0.1, 0.15) is 33.3 Å².